The molecule has 1 rings (SSSR count). The molecule has 3 N–H and O–H groups in total. The number of nitrogens with two attached hydrogens (primary N) is 1. The van der Waals surface area contributed by atoms with Gasteiger partial charge in [0.25, 0.3) is 0 Å². The van der Waals surface area contributed by atoms with E-state index in [2.05, 4.69) is 5.32 Å². The van der Waals surface area contributed by atoms with E-state index in [-0.39, 0.29) is 6.61 Å². The molecule has 0 spiro atoms. The van der Waals surface area contributed by atoms with Gasteiger partial charge in [-0.15, -0.1) is 0 Å². The van der Waals surface area contributed by atoms with Crippen molar-refractivity contribution in [2.24, 2.45) is 5.73 Å². The maximum atomic E-state index is 11.3. The van der Waals surface area contributed by atoms with Crippen molar-refractivity contribution in [3.05, 3.63) is 29.3 Å². The second-order valence-electron chi connectivity index (χ2n) is 3.76. The van der Waals surface area contributed by atoms with Crippen LogP contribution in [0.1, 0.15) is 6.92 Å². The van der Waals surface area contributed by atoms with Gasteiger partial charge in [0.1, 0.15) is 5.54 Å². The molecule has 16 heavy (non-hydrogen) atoms. The van der Waals surface area contributed by atoms with Crippen LogP contribution in [0.5, 0.6) is 0 Å². The fourth-order valence-corrected chi connectivity index (χ4v) is 1.53. The molecule has 0 aliphatic rings. The first-order valence-electron chi connectivity index (χ1n) is 4.80. The van der Waals surface area contributed by atoms with E-state index >= 15 is 0 Å². The molecule has 0 fully saturated rings. The summed E-state index contributed by atoms with van der Waals surface area (Å²) >= 11 is 5.84. The number of rotatable bonds is 5. The molecule has 0 radical (unpaired) electrons. The third kappa shape index (κ3) is 3.12. The summed E-state index contributed by atoms with van der Waals surface area (Å²) in [5.74, 6) is -0.477. The van der Waals surface area contributed by atoms with Crippen LogP contribution in [0.2, 0.25) is 5.02 Å². The lowest BCUT2D eigenvalue weighted by molar-refractivity contribution is -0.123. The van der Waals surface area contributed by atoms with Crippen molar-refractivity contribution in [2.75, 3.05) is 19.0 Å². The molecular weight excluding hydrogens is 228 g/mol. The van der Waals surface area contributed by atoms with Gasteiger partial charge in [-0.05, 0) is 25.1 Å². The van der Waals surface area contributed by atoms with Crippen molar-refractivity contribution >= 4 is 23.2 Å². The van der Waals surface area contributed by atoms with Crippen LogP contribution in [0.25, 0.3) is 0 Å². The third-order valence-electron chi connectivity index (χ3n) is 2.22. The highest BCUT2D eigenvalue weighted by Crippen LogP contribution is 2.19. The maximum absolute atomic E-state index is 11.3. The zero-order valence-corrected chi connectivity index (χ0v) is 10.0. The van der Waals surface area contributed by atoms with Crippen LogP contribution in [-0.2, 0) is 9.53 Å². The monoisotopic (exact) mass is 242 g/mol. The molecule has 1 atom stereocenters. The van der Waals surface area contributed by atoms with E-state index in [1.165, 1.54) is 7.11 Å². The molecule has 0 aromatic heterocycles. The average molecular weight is 243 g/mol. The zero-order valence-electron chi connectivity index (χ0n) is 9.29. The molecule has 1 aromatic rings. The number of hydrogen-bond donors (Lipinski definition) is 2. The number of carbonyl (C=O) groups excluding carboxylic acids is 1. The molecule has 0 saturated heterocycles. The van der Waals surface area contributed by atoms with Crippen molar-refractivity contribution in [2.45, 2.75) is 12.5 Å². The molecule has 1 amide bonds. The van der Waals surface area contributed by atoms with Crippen molar-refractivity contribution in [1.29, 1.82) is 0 Å². The van der Waals surface area contributed by atoms with E-state index in [1.54, 1.807) is 25.1 Å². The summed E-state index contributed by atoms with van der Waals surface area (Å²) in [5.41, 5.74) is 5.11. The van der Waals surface area contributed by atoms with Crippen LogP contribution >= 0.6 is 11.6 Å². The van der Waals surface area contributed by atoms with Gasteiger partial charge in [0.15, 0.2) is 0 Å². The Morgan fingerprint density at radius 2 is 2.31 bits per heavy atom. The number of halogens is 1. The van der Waals surface area contributed by atoms with Crippen molar-refractivity contribution in [3.63, 3.8) is 0 Å². The number of anilines is 1. The Hall–Kier alpha value is -1.26. The van der Waals surface area contributed by atoms with Crippen LogP contribution in [0.15, 0.2) is 24.3 Å². The summed E-state index contributed by atoms with van der Waals surface area (Å²) in [5, 5.41) is 3.60. The molecule has 4 nitrogen and oxygen atoms in total. The van der Waals surface area contributed by atoms with Crippen molar-refractivity contribution in [1.82, 2.24) is 0 Å². The van der Waals surface area contributed by atoms with Crippen molar-refractivity contribution in [3.8, 4) is 0 Å². The van der Waals surface area contributed by atoms with Gasteiger partial charge in [0.2, 0.25) is 5.91 Å². The molecule has 0 saturated carbocycles. The Bertz CT molecular complexity index is 384. The Morgan fingerprint density at radius 3 is 2.81 bits per heavy atom. The van der Waals surface area contributed by atoms with E-state index in [0.717, 1.165) is 5.69 Å². The van der Waals surface area contributed by atoms with Crippen molar-refractivity contribution < 1.29 is 9.53 Å². The topological polar surface area (TPSA) is 64.3 Å². The van der Waals surface area contributed by atoms with Gasteiger partial charge in [-0.25, -0.2) is 0 Å². The Morgan fingerprint density at radius 1 is 1.62 bits per heavy atom. The smallest absolute Gasteiger partial charge is 0.245 e. The predicted molar refractivity (Wildman–Crippen MR) is 64.6 cm³/mol. The first-order valence-corrected chi connectivity index (χ1v) is 5.18. The standard InChI is InChI=1S/C11H15ClN2O2/c1-11(7-16-2,10(13)15)14-9-5-3-4-8(12)6-9/h3-6,14H,7H2,1-2H3,(H2,13,15). The van der Waals surface area contributed by atoms with E-state index in [9.17, 15) is 4.79 Å². The average Bonchev–Trinajstić information content (AvgIpc) is 2.17. The van der Waals surface area contributed by atoms with E-state index in [4.69, 9.17) is 22.1 Å². The molecular formula is C11H15ClN2O2. The number of ether oxygens (including phenoxy) is 1. The molecule has 1 unspecified atom stereocenters. The lowest BCUT2D eigenvalue weighted by Gasteiger charge is -2.27. The van der Waals surface area contributed by atoms with Crippen LogP contribution < -0.4 is 11.1 Å². The normalized spacial score (nSPS) is 14.2. The second kappa shape index (κ2) is 5.18. The summed E-state index contributed by atoms with van der Waals surface area (Å²) in [7, 11) is 1.51. The van der Waals surface area contributed by atoms with E-state index < -0.39 is 11.4 Å². The minimum absolute atomic E-state index is 0.189. The second-order valence-corrected chi connectivity index (χ2v) is 4.20. The van der Waals surface area contributed by atoms with Gasteiger partial charge in [0.05, 0.1) is 6.61 Å². The lowest BCUT2D eigenvalue weighted by Crippen LogP contribution is -2.51. The van der Waals surface area contributed by atoms with Gasteiger partial charge in [-0.3, -0.25) is 4.79 Å². The number of hydrogen-bond acceptors (Lipinski definition) is 3. The lowest BCUT2D eigenvalue weighted by atomic mass is 10.0. The fraction of sp³-hybridized carbons (Fsp3) is 0.364. The first kappa shape index (κ1) is 12.8. The summed E-state index contributed by atoms with van der Waals surface area (Å²) < 4.78 is 4.97. The quantitative estimate of drug-likeness (QED) is 0.825. The number of primary amides is 1. The summed E-state index contributed by atoms with van der Waals surface area (Å²) in [4.78, 5) is 11.3. The SMILES string of the molecule is COCC(C)(Nc1cccc(Cl)c1)C(N)=O. The molecule has 88 valence electrons. The molecule has 0 aliphatic carbocycles. The van der Waals surface area contributed by atoms with Gasteiger partial charge in [-0.1, -0.05) is 17.7 Å². The molecule has 0 heterocycles. The minimum Gasteiger partial charge on any atom is -0.382 e. The summed E-state index contributed by atoms with van der Waals surface area (Å²) in [6.45, 7) is 1.87. The van der Waals surface area contributed by atoms with Crippen LogP contribution in [0.4, 0.5) is 5.69 Å². The maximum Gasteiger partial charge on any atom is 0.245 e. The zero-order chi connectivity index (χ0) is 12.2. The number of amides is 1. The highest BCUT2D eigenvalue weighted by atomic mass is 35.5. The largest absolute Gasteiger partial charge is 0.382 e. The minimum atomic E-state index is -0.945. The van der Waals surface area contributed by atoms with E-state index in [0.29, 0.717) is 5.02 Å². The molecule has 0 bridgehead atoms. The van der Waals surface area contributed by atoms with Gasteiger partial charge in [0, 0.05) is 17.8 Å². The van der Waals surface area contributed by atoms with Gasteiger partial charge >= 0.3 is 0 Å². The van der Waals surface area contributed by atoms with Crippen LogP contribution in [0.3, 0.4) is 0 Å². The number of nitrogens with one attached hydrogen (secondary N) is 1. The Balaban J connectivity index is 2.87. The molecule has 5 heteroatoms. The number of carbonyl (C=O) groups is 1. The highest BCUT2D eigenvalue weighted by Gasteiger charge is 2.30. The Labute approximate surface area is 99.7 Å². The van der Waals surface area contributed by atoms with E-state index in [1.807, 2.05) is 6.07 Å². The third-order valence-corrected chi connectivity index (χ3v) is 2.46. The molecule has 0 aliphatic heterocycles. The molecule has 1 aromatic carbocycles. The Kier molecular flexibility index (Phi) is 4.15. The van der Waals surface area contributed by atoms with Gasteiger partial charge in [-0.2, -0.15) is 0 Å². The first-order chi connectivity index (χ1) is 7.48. The fourth-order valence-electron chi connectivity index (χ4n) is 1.34. The van der Waals surface area contributed by atoms with Crippen LogP contribution in [-0.4, -0.2) is 25.2 Å². The summed E-state index contributed by atoms with van der Waals surface area (Å²) in [6, 6.07) is 7.07. The number of methoxy groups -OCH3 is 1. The summed E-state index contributed by atoms with van der Waals surface area (Å²) in [6.07, 6.45) is 0. The van der Waals surface area contributed by atoms with Gasteiger partial charge < -0.3 is 15.8 Å². The highest BCUT2D eigenvalue weighted by molar-refractivity contribution is 6.30. The van der Waals surface area contributed by atoms with Crippen LogP contribution in [0, 0.1) is 0 Å². The predicted octanol–water partition coefficient (Wildman–Crippen LogP) is 1.64. The number of benzene rings is 1.